The highest BCUT2D eigenvalue weighted by atomic mass is 16.7. The summed E-state index contributed by atoms with van der Waals surface area (Å²) < 4.78 is 70.9. The Morgan fingerprint density at radius 1 is 0.877 bits per heavy atom. The third-order valence-corrected chi connectivity index (χ3v) is 13.8. The second-order valence-electron chi connectivity index (χ2n) is 20.2. The Hall–Kier alpha value is -3.35. The molecular weight excluding hydrogens is 847 g/mol. The second kappa shape index (κ2) is 21.7. The highest BCUT2D eigenvalue weighted by Gasteiger charge is 2.59. The van der Waals surface area contributed by atoms with Gasteiger partial charge in [0.2, 0.25) is 0 Å². The van der Waals surface area contributed by atoms with Gasteiger partial charge in [-0.25, -0.2) is 0 Å². The lowest BCUT2D eigenvalue weighted by Gasteiger charge is -2.49. The molecule has 0 aliphatic carbocycles. The van der Waals surface area contributed by atoms with Gasteiger partial charge in [0.25, 0.3) is 6.47 Å². The Morgan fingerprint density at radius 3 is 2.05 bits per heavy atom. The summed E-state index contributed by atoms with van der Waals surface area (Å²) in [6.45, 7) is 26.6. The molecule has 0 aromatic heterocycles. The van der Waals surface area contributed by atoms with Crippen LogP contribution in [0.1, 0.15) is 130 Å². The van der Waals surface area contributed by atoms with Gasteiger partial charge in [0, 0.05) is 32.8 Å². The second-order valence-corrected chi connectivity index (χ2v) is 20.2. The molecule has 0 saturated carbocycles. The molecule has 0 aromatic carbocycles. The predicted octanol–water partition coefficient (Wildman–Crippen LogP) is 6.06. The summed E-state index contributed by atoms with van der Waals surface area (Å²) >= 11 is 0. The van der Waals surface area contributed by atoms with Gasteiger partial charge in [-0.2, -0.15) is 0 Å². The summed E-state index contributed by atoms with van der Waals surface area (Å²) in [7, 11) is 5.32. The summed E-state index contributed by atoms with van der Waals surface area (Å²) in [4.78, 5) is 68.7. The summed E-state index contributed by atoms with van der Waals surface area (Å²) in [6, 6.07) is -0.287. The molecule has 0 unspecified atom stereocenters. The van der Waals surface area contributed by atoms with Gasteiger partial charge in [0.05, 0.1) is 48.0 Å². The van der Waals surface area contributed by atoms with Crippen molar-refractivity contribution in [2.24, 2.45) is 29.6 Å². The van der Waals surface area contributed by atoms with Crippen molar-refractivity contribution in [3.8, 4) is 0 Å². The van der Waals surface area contributed by atoms with E-state index in [1.54, 1.807) is 62.3 Å². The molecule has 65 heavy (non-hydrogen) atoms. The maximum atomic E-state index is 15.0. The molecule has 0 radical (unpaired) electrons. The number of rotatable bonds is 14. The van der Waals surface area contributed by atoms with Crippen LogP contribution in [0.3, 0.4) is 0 Å². The first-order valence-corrected chi connectivity index (χ1v) is 23.3. The number of fused-ring (bicyclic) bond motifs is 2. The van der Waals surface area contributed by atoms with Crippen LogP contribution in [0.2, 0.25) is 0 Å². The van der Waals surface area contributed by atoms with Gasteiger partial charge >= 0.3 is 23.9 Å². The molecule has 2 bridgehead atoms. The maximum Gasteiger partial charge on any atom is 0.311 e. The maximum absolute atomic E-state index is 15.0. The molecule has 4 rings (SSSR count). The fourth-order valence-electron chi connectivity index (χ4n) is 10.2. The lowest BCUT2D eigenvalue weighted by atomic mass is 9.78. The molecule has 0 N–H and O–H groups in total. The quantitative estimate of drug-likeness (QED) is 0.111. The van der Waals surface area contributed by atoms with E-state index in [2.05, 4.69) is 0 Å². The van der Waals surface area contributed by atoms with Crippen molar-refractivity contribution in [3.05, 3.63) is 11.3 Å². The molecule has 0 spiro atoms. The number of nitrogens with zero attached hydrogens (tertiary/aromatic N) is 1. The van der Waals surface area contributed by atoms with Gasteiger partial charge in [-0.05, 0) is 81.0 Å². The number of likely N-dealkylation sites (N-methyl/N-ethyl adjacent to an activating group) is 1. The van der Waals surface area contributed by atoms with Gasteiger partial charge in [-0.3, -0.25) is 24.0 Å². The average molecular weight is 926 g/mol. The number of methoxy groups -OCH3 is 1. The Kier molecular flexibility index (Phi) is 18.1. The molecule has 0 aromatic rings. The van der Waals surface area contributed by atoms with Crippen LogP contribution in [0.15, 0.2) is 11.3 Å². The van der Waals surface area contributed by atoms with E-state index >= 15 is 0 Å². The minimum Gasteiger partial charge on any atom is -0.488 e. The van der Waals surface area contributed by atoms with Crippen LogP contribution in [-0.2, 0) is 76.1 Å². The van der Waals surface area contributed by atoms with Crippen LogP contribution in [0, 0.1) is 29.6 Å². The molecule has 4 aliphatic rings. The van der Waals surface area contributed by atoms with Crippen molar-refractivity contribution in [1.29, 1.82) is 0 Å². The van der Waals surface area contributed by atoms with E-state index in [1.807, 2.05) is 53.6 Å². The number of carbonyl (C=O) groups is 5. The molecular formula is C48H79NO16. The SMILES string of the molecule is CC[C@H]1OC(=O)[C@H](C)[C@@H](O[C@H]2C[C@@](C)(OC)[C@@H](OC=O)[C@H](C)O2)[C@H](C)[C@@H](O[C@@H]2O[C@H](C)C[C@H](N(C)C)[C@H]2OC(C)=O)[C@@]2(C)CC(C)=C(O2)[C@H](C)[C@@H](OC(=O)C(C)C)[C@]1(C)OC(=O)C(C)C. The van der Waals surface area contributed by atoms with E-state index < -0.39 is 126 Å². The summed E-state index contributed by atoms with van der Waals surface area (Å²) in [5, 5.41) is 0. The van der Waals surface area contributed by atoms with Crippen LogP contribution in [-0.4, -0.2) is 141 Å². The zero-order valence-electron chi connectivity index (χ0n) is 42.1. The van der Waals surface area contributed by atoms with Crippen LogP contribution in [0.5, 0.6) is 0 Å². The van der Waals surface area contributed by atoms with Gasteiger partial charge in [-0.1, -0.05) is 48.5 Å². The molecule has 3 saturated heterocycles. The number of cyclic esters (lactones) is 1. The zero-order valence-corrected chi connectivity index (χ0v) is 42.1. The average Bonchev–Trinajstić information content (AvgIpc) is 3.54. The molecule has 17 nitrogen and oxygen atoms in total. The van der Waals surface area contributed by atoms with E-state index in [4.69, 9.17) is 52.1 Å². The van der Waals surface area contributed by atoms with Crippen molar-refractivity contribution < 1.29 is 76.1 Å². The minimum atomic E-state index is -1.72. The topological polar surface area (TPSA) is 190 Å². The number of hydrogen-bond acceptors (Lipinski definition) is 17. The number of ether oxygens (including phenoxy) is 11. The third-order valence-electron chi connectivity index (χ3n) is 13.8. The van der Waals surface area contributed by atoms with Crippen molar-refractivity contribution in [2.45, 2.75) is 214 Å². The van der Waals surface area contributed by atoms with Crippen molar-refractivity contribution in [3.63, 3.8) is 0 Å². The number of esters is 4. The Bertz CT molecular complexity index is 1720. The smallest absolute Gasteiger partial charge is 0.311 e. The van der Waals surface area contributed by atoms with E-state index in [0.717, 1.165) is 5.57 Å². The van der Waals surface area contributed by atoms with Crippen LogP contribution in [0.25, 0.3) is 0 Å². The summed E-state index contributed by atoms with van der Waals surface area (Å²) in [5.74, 6) is -5.54. The van der Waals surface area contributed by atoms with Crippen molar-refractivity contribution in [1.82, 2.24) is 4.90 Å². The lowest BCUT2D eigenvalue weighted by molar-refractivity contribution is -0.317. The normalized spacial score (nSPS) is 40.5. The molecule has 4 heterocycles. The Morgan fingerprint density at radius 2 is 1.51 bits per heavy atom. The van der Waals surface area contributed by atoms with Crippen LogP contribution < -0.4 is 0 Å². The van der Waals surface area contributed by atoms with Crippen molar-refractivity contribution in [2.75, 3.05) is 21.2 Å². The van der Waals surface area contributed by atoms with E-state index in [0.29, 0.717) is 25.1 Å². The van der Waals surface area contributed by atoms with Gasteiger partial charge in [0.15, 0.2) is 36.5 Å². The largest absolute Gasteiger partial charge is 0.488 e. The van der Waals surface area contributed by atoms with Crippen molar-refractivity contribution >= 4 is 30.3 Å². The first-order chi connectivity index (χ1) is 30.2. The lowest BCUT2D eigenvalue weighted by Crippen LogP contribution is -2.61. The monoisotopic (exact) mass is 926 g/mol. The first kappa shape index (κ1) is 54.3. The molecule has 372 valence electrons. The highest BCUT2D eigenvalue weighted by molar-refractivity contribution is 5.75. The van der Waals surface area contributed by atoms with E-state index in [9.17, 15) is 24.0 Å². The van der Waals surface area contributed by atoms with Crippen LogP contribution >= 0.6 is 0 Å². The minimum absolute atomic E-state index is 0.102. The van der Waals surface area contributed by atoms with Gasteiger partial charge in [-0.15, -0.1) is 0 Å². The summed E-state index contributed by atoms with van der Waals surface area (Å²) in [6.07, 6.45) is -7.95. The predicted molar refractivity (Wildman–Crippen MR) is 236 cm³/mol. The standard InChI is InChI=1S/C48H79NO16/c1-19-34-48(15,65-43(53)25(4)5)40(62-42(52)24(2)3)28(8)36-26(6)21-47(14,64-36)39(63-45-38(59-32(12)51)33(49(16)17)20-27(7)57-45)29(9)37(30(10)44(54)60-34)61-35-22-46(13,55-18)41(56-23-50)31(11)58-35/h23-25,27-31,33-35,37-41,45H,19-22H2,1-18H3/t27-,28+,29+,30-,31+,33+,34-,35+,37+,38-,39-,40-,41+,45+,46-,47-,48-/m1/s1. The Labute approximate surface area is 386 Å². The highest BCUT2D eigenvalue weighted by Crippen LogP contribution is 2.49. The Balaban J connectivity index is 2.00. The third kappa shape index (κ3) is 11.9. The molecule has 4 aliphatic heterocycles. The van der Waals surface area contributed by atoms with E-state index in [1.165, 1.54) is 14.0 Å². The molecule has 17 atom stereocenters. The fourth-order valence-corrected chi connectivity index (χ4v) is 10.2. The number of carbonyl (C=O) groups excluding carboxylic acids is 5. The molecule has 3 fully saturated rings. The van der Waals surface area contributed by atoms with E-state index in [-0.39, 0.29) is 25.0 Å². The van der Waals surface area contributed by atoms with Crippen LogP contribution in [0.4, 0.5) is 0 Å². The molecule has 17 heteroatoms. The molecule has 0 amide bonds. The zero-order chi connectivity index (χ0) is 49.1. The van der Waals surface area contributed by atoms with Gasteiger partial charge < -0.3 is 57.0 Å². The first-order valence-electron chi connectivity index (χ1n) is 23.3. The summed E-state index contributed by atoms with van der Waals surface area (Å²) in [5.41, 5.74) is -3.18. The van der Waals surface area contributed by atoms with Gasteiger partial charge in [0.1, 0.15) is 29.2 Å². The fraction of sp³-hybridized carbons (Fsp3) is 0.854. The number of hydrogen-bond donors (Lipinski definition) is 0.